The van der Waals surface area contributed by atoms with E-state index >= 15 is 0 Å². The zero-order valence-corrected chi connectivity index (χ0v) is 28.6. The van der Waals surface area contributed by atoms with Crippen LogP contribution in [0.15, 0.2) is 28.2 Å². The van der Waals surface area contributed by atoms with Gasteiger partial charge in [0.25, 0.3) is 0 Å². The molecule has 9 nitrogen and oxygen atoms in total. The molecule has 1 aromatic carbocycles. The number of benzene rings is 1. The van der Waals surface area contributed by atoms with Crippen LogP contribution in [0.25, 0.3) is 0 Å². The number of carbonyl (C=O) groups is 3. The van der Waals surface area contributed by atoms with Crippen molar-refractivity contribution in [1.82, 2.24) is 4.90 Å². The number of carbonyl (C=O) groups excluding carboxylic acids is 3. The first-order valence-electron chi connectivity index (χ1n) is 14.8. The Bertz CT molecular complexity index is 1300. The molecule has 1 saturated heterocycles. The van der Waals surface area contributed by atoms with E-state index in [1.54, 1.807) is 18.7 Å². The summed E-state index contributed by atoms with van der Waals surface area (Å²) in [5.41, 5.74) is 6.13. The average molecular weight is 649 g/mol. The first-order valence-corrected chi connectivity index (χ1v) is 17.9. The Balaban J connectivity index is 1.60. The summed E-state index contributed by atoms with van der Waals surface area (Å²) in [5, 5.41) is 1.75. The third-order valence-electron chi connectivity index (χ3n) is 8.27. The minimum absolute atomic E-state index is 0.00585. The van der Waals surface area contributed by atoms with Crippen molar-refractivity contribution in [2.75, 3.05) is 24.3 Å². The fourth-order valence-electron chi connectivity index (χ4n) is 5.77. The molecule has 0 spiro atoms. The Hall–Kier alpha value is -2.02. The number of amides is 1. The van der Waals surface area contributed by atoms with Gasteiger partial charge in [-0.1, -0.05) is 45.7 Å². The van der Waals surface area contributed by atoms with Crippen LogP contribution in [-0.4, -0.2) is 86.2 Å². The molecule has 3 heterocycles. The summed E-state index contributed by atoms with van der Waals surface area (Å²) in [6.07, 6.45) is 3.74. The summed E-state index contributed by atoms with van der Waals surface area (Å²) in [6.45, 7) is 10.9. The normalized spacial score (nSPS) is 26.6. The number of nitrogens with two attached hydrogens (primary N) is 1. The van der Waals surface area contributed by atoms with Crippen molar-refractivity contribution in [1.29, 1.82) is 0 Å². The van der Waals surface area contributed by atoms with Crippen LogP contribution >= 0.6 is 35.3 Å². The molecule has 0 aromatic heterocycles. The molecule has 236 valence electrons. The molecule has 1 fully saturated rings. The molecule has 5 atom stereocenters. The van der Waals surface area contributed by atoms with Crippen molar-refractivity contribution >= 4 is 63.2 Å². The molecule has 0 aliphatic carbocycles. The van der Waals surface area contributed by atoms with Crippen molar-refractivity contribution in [2.24, 2.45) is 21.1 Å². The summed E-state index contributed by atoms with van der Waals surface area (Å²) in [5.74, 6) is 1.43. The van der Waals surface area contributed by atoms with E-state index in [4.69, 9.17) is 25.2 Å². The van der Waals surface area contributed by atoms with Crippen molar-refractivity contribution in [3.8, 4) is 5.75 Å². The molecule has 12 heteroatoms. The Morgan fingerprint density at radius 2 is 1.91 bits per heavy atom. The Kier molecular flexibility index (Phi) is 11.0. The van der Waals surface area contributed by atoms with E-state index in [0.29, 0.717) is 11.5 Å². The first kappa shape index (κ1) is 33.9. The molecular formula is C31H44N4O5S3. The highest BCUT2D eigenvalue weighted by molar-refractivity contribution is 8.15. The molecule has 43 heavy (non-hydrogen) atoms. The van der Waals surface area contributed by atoms with Crippen LogP contribution in [-0.2, 0) is 25.5 Å². The molecule has 1 amide bonds. The van der Waals surface area contributed by atoms with Crippen LogP contribution in [0.3, 0.4) is 0 Å². The number of primary amides is 1. The van der Waals surface area contributed by atoms with Crippen LogP contribution in [0.1, 0.15) is 71.9 Å². The lowest BCUT2D eigenvalue weighted by atomic mass is 9.82. The fraction of sp³-hybridized carbons (Fsp3) is 0.645. The van der Waals surface area contributed by atoms with Gasteiger partial charge in [-0.3, -0.25) is 29.3 Å². The van der Waals surface area contributed by atoms with Gasteiger partial charge < -0.3 is 15.2 Å². The van der Waals surface area contributed by atoms with Crippen LogP contribution in [0, 0.1) is 5.41 Å². The Morgan fingerprint density at radius 3 is 2.53 bits per heavy atom. The second-order valence-corrected chi connectivity index (χ2v) is 15.3. The van der Waals surface area contributed by atoms with Gasteiger partial charge in [0.1, 0.15) is 22.4 Å². The largest absolute Gasteiger partial charge is 0.460 e. The number of thioether (sulfide) groups is 3. The minimum Gasteiger partial charge on any atom is -0.460 e. The van der Waals surface area contributed by atoms with Gasteiger partial charge in [-0.15, -0.1) is 35.3 Å². The van der Waals surface area contributed by atoms with Gasteiger partial charge in [-0.2, -0.15) is 0 Å². The molecule has 1 aromatic rings. The number of esters is 2. The monoisotopic (exact) mass is 648 g/mol. The number of unbranched alkanes of at least 4 members (excludes halogenated alkanes) is 2. The number of rotatable bonds is 12. The third-order valence-corrected chi connectivity index (χ3v) is 12.5. The van der Waals surface area contributed by atoms with Crippen molar-refractivity contribution < 1.29 is 23.9 Å². The molecule has 3 aliphatic rings. The molecule has 0 radical (unpaired) electrons. The van der Waals surface area contributed by atoms with Gasteiger partial charge in [0.15, 0.2) is 0 Å². The Morgan fingerprint density at radius 1 is 1.16 bits per heavy atom. The average Bonchev–Trinajstić information content (AvgIpc) is 3.66. The number of aryl methyl sites for hydroxylation is 1. The van der Waals surface area contributed by atoms with Gasteiger partial charge in [0.2, 0.25) is 5.91 Å². The summed E-state index contributed by atoms with van der Waals surface area (Å²) in [4.78, 5) is 48.6. The topological polar surface area (TPSA) is 124 Å². The lowest BCUT2D eigenvalue weighted by molar-refractivity contribution is -0.154. The predicted octanol–water partition coefficient (Wildman–Crippen LogP) is 4.93. The number of nitrogens with zero attached hydrogens (tertiary/aromatic N) is 3. The standard InChI is InChI=1S/C31H44N4O5S3/c1-8-9-10-12-20-13-11-14-23(39-18(2)36)24(20)26-33-21(15-41-26)27-35(7)22(16-42-27)25(40-19(3)37)30(4,5)29-34-31(6,17-43-29)28(32)38/h11,13-14,21-22,25,27H,8-10,12,15-17H2,1-7H3,(H2,32,38). The van der Waals surface area contributed by atoms with E-state index in [9.17, 15) is 14.4 Å². The number of likely N-dealkylation sites (N-methyl/N-ethyl adjacent to an activating group) is 1. The molecule has 5 unspecified atom stereocenters. The van der Waals surface area contributed by atoms with Gasteiger partial charge in [-0.05, 0) is 38.4 Å². The number of aliphatic imine (C=N–C) groups is 2. The minimum atomic E-state index is -0.971. The van der Waals surface area contributed by atoms with Gasteiger partial charge in [0, 0.05) is 31.1 Å². The maximum atomic E-state index is 12.4. The van der Waals surface area contributed by atoms with Gasteiger partial charge in [-0.25, -0.2) is 0 Å². The Labute approximate surface area is 268 Å². The van der Waals surface area contributed by atoms with Crippen molar-refractivity contribution in [3.63, 3.8) is 0 Å². The van der Waals surface area contributed by atoms with E-state index < -0.39 is 23.0 Å². The highest BCUT2D eigenvalue weighted by Crippen LogP contribution is 2.45. The van der Waals surface area contributed by atoms with Crippen molar-refractivity contribution in [3.05, 3.63) is 29.3 Å². The second kappa shape index (κ2) is 14.0. The quantitative estimate of drug-likeness (QED) is 0.191. The number of hydrogen-bond acceptors (Lipinski definition) is 11. The number of ether oxygens (including phenoxy) is 2. The van der Waals surface area contributed by atoms with Crippen LogP contribution in [0.4, 0.5) is 0 Å². The van der Waals surface area contributed by atoms with E-state index in [1.807, 2.05) is 37.7 Å². The lowest BCUT2D eigenvalue weighted by Crippen LogP contribution is -2.53. The summed E-state index contributed by atoms with van der Waals surface area (Å²) in [7, 11) is 2.07. The SMILES string of the molecule is CCCCCc1cccc(OC(C)=O)c1C1=NC(C2SCC(C(OC(C)=O)C(C)(C)C3=NC(C)(C(N)=O)CS3)N2C)CS1. The smallest absolute Gasteiger partial charge is 0.308 e. The fourth-order valence-corrected chi connectivity index (χ4v) is 10.0. The highest BCUT2D eigenvalue weighted by Gasteiger charge is 2.52. The predicted molar refractivity (Wildman–Crippen MR) is 178 cm³/mol. The maximum Gasteiger partial charge on any atom is 0.308 e. The van der Waals surface area contributed by atoms with E-state index in [0.717, 1.165) is 58.4 Å². The highest BCUT2D eigenvalue weighted by atomic mass is 32.2. The third kappa shape index (κ3) is 7.45. The summed E-state index contributed by atoms with van der Waals surface area (Å²) < 4.78 is 11.7. The molecule has 3 aliphatic heterocycles. The molecule has 0 bridgehead atoms. The van der Waals surface area contributed by atoms with Crippen LogP contribution in [0.2, 0.25) is 0 Å². The lowest BCUT2D eigenvalue weighted by Gasteiger charge is -2.40. The molecule has 4 rings (SSSR count). The first-order chi connectivity index (χ1) is 20.3. The van der Waals surface area contributed by atoms with E-state index in [-0.39, 0.29) is 29.4 Å². The van der Waals surface area contributed by atoms with Gasteiger partial charge in [0.05, 0.1) is 33.5 Å². The summed E-state index contributed by atoms with van der Waals surface area (Å²) in [6, 6.07) is 5.83. The van der Waals surface area contributed by atoms with Gasteiger partial charge >= 0.3 is 11.9 Å². The zero-order chi connectivity index (χ0) is 31.5. The van der Waals surface area contributed by atoms with E-state index in [1.165, 1.54) is 25.6 Å². The second-order valence-electron chi connectivity index (χ2n) is 12.2. The van der Waals surface area contributed by atoms with Crippen LogP contribution < -0.4 is 10.5 Å². The van der Waals surface area contributed by atoms with Crippen molar-refractivity contribution in [2.45, 2.75) is 96.3 Å². The maximum absolute atomic E-state index is 12.4. The van der Waals surface area contributed by atoms with E-state index in [2.05, 4.69) is 24.9 Å². The molecule has 0 saturated carbocycles. The summed E-state index contributed by atoms with van der Waals surface area (Å²) >= 11 is 5.03. The molecular weight excluding hydrogens is 605 g/mol. The number of hydrogen-bond donors (Lipinski definition) is 1. The zero-order valence-electron chi connectivity index (χ0n) is 26.2. The molecule has 2 N–H and O–H groups in total. The van der Waals surface area contributed by atoms with Crippen LogP contribution in [0.5, 0.6) is 5.75 Å².